The molecule has 1 aliphatic rings. The van der Waals surface area contributed by atoms with E-state index < -0.39 is 0 Å². The molecule has 0 aliphatic carbocycles. The summed E-state index contributed by atoms with van der Waals surface area (Å²) in [6, 6.07) is 0. The van der Waals surface area contributed by atoms with Crippen molar-refractivity contribution in [3.8, 4) is 0 Å². The predicted molar refractivity (Wildman–Crippen MR) is 140 cm³/mol. The summed E-state index contributed by atoms with van der Waals surface area (Å²) in [6.45, 7) is 17.3. The smallest absolute Gasteiger partial charge is 0.265 e. The first-order valence-electron chi connectivity index (χ1n) is 11.8. The third kappa shape index (κ3) is 9.37. The van der Waals surface area contributed by atoms with E-state index in [4.69, 9.17) is 5.41 Å². The Labute approximate surface area is 195 Å². The normalized spacial score (nSPS) is 15.9. The van der Waals surface area contributed by atoms with E-state index in [9.17, 15) is 4.79 Å². The van der Waals surface area contributed by atoms with Crippen LogP contribution in [-0.2, 0) is 4.79 Å². The van der Waals surface area contributed by atoms with Crippen molar-refractivity contribution in [2.45, 2.75) is 79.8 Å². The quantitative estimate of drug-likeness (QED) is 0.137. The van der Waals surface area contributed by atoms with Crippen LogP contribution in [0.1, 0.15) is 60.8 Å². The molecular formula is C25H42BN5O. The summed E-state index contributed by atoms with van der Waals surface area (Å²) >= 11 is 0. The second-order valence-electron chi connectivity index (χ2n) is 9.29. The summed E-state index contributed by atoms with van der Waals surface area (Å²) in [5, 5.41) is 11.8. The van der Waals surface area contributed by atoms with E-state index in [0.29, 0.717) is 30.2 Å². The Kier molecular flexibility index (Phi) is 12.0. The van der Waals surface area contributed by atoms with Crippen molar-refractivity contribution in [3.63, 3.8) is 0 Å². The van der Waals surface area contributed by atoms with Crippen LogP contribution >= 0.6 is 0 Å². The van der Waals surface area contributed by atoms with E-state index in [-0.39, 0.29) is 17.2 Å². The third-order valence-electron chi connectivity index (χ3n) is 5.77. The van der Waals surface area contributed by atoms with E-state index >= 15 is 0 Å². The van der Waals surface area contributed by atoms with E-state index in [0.717, 1.165) is 13.1 Å². The zero-order valence-electron chi connectivity index (χ0n) is 21.0. The molecule has 0 bridgehead atoms. The fraction of sp³-hybridized carbons (Fsp3) is 0.600. The molecule has 1 heterocycles. The minimum absolute atomic E-state index is 0.142. The number of aliphatic imine (C=N–C) groups is 2. The molecule has 6 nitrogen and oxygen atoms in total. The summed E-state index contributed by atoms with van der Waals surface area (Å²) < 4.78 is 0. The molecule has 0 aromatic heterocycles. The number of carbonyl (C=O) groups excluding carboxylic acids is 1. The fourth-order valence-electron chi connectivity index (χ4n) is 4.08. The summed E-state index contributed by atoms with van der Waals surface area (Å²) in [4.78, 5) is 23.0. The lowest BCUT2D eigenvalue weighted by Crippen LogP contribution is -2.35. The first kappa shape index (κ1) is 27.6. The van der Waals surface area contributed by atoms with Gasteiger partial charge in [0.15, 0.2) is 5.84 Å². The van der Waals surface area contributed by atoms with Crippen LogP contribution in [0.4, 0.5) is 0 Å². The zero-order chi connectivity index (χ0) is 24.1. The van der Waals surface area contributed by atoms with E-state index in [2.05, 4.69) is 41.9 Å². The van der Waals surface area contributed by atoms with Gasteiger partial charge >= 0.3 is 0 Å². The van der Waals surface area contributed by atoms with Gasteiger partial charge in [-0.3, -0.25) is 15.2 Å². The minimum Gasteiger partial charge on any atom is -0.351 e. The first-order valence-corrected chi connectivity index (χ1v) is 11.8. The Balaban J connectivity index is 2.92. The highest BCUT2D eigenvalue weighted by Crippen LogP contribution is 2.23. The van der Waals surface area contributed by atoms with Crippen LogP contribution < -0.4 is 5.32 Å². The average molecular weight is 439 g/mol. The average Bonchev–Trinajstić information content (AvgIpc) is 3.26. The monoisotopic (exact) mass is 439 g/mol. The summed E-state index contributed by atoms with van der Waals surface area (Å²) in [6.07, 6.45) is 15.4. The van der Waals surface area contributed by atoms with Gasteiger partial charge < -0.3 is 10.2 Å². The lowest BCUT2D eigenvalue weighted by Gasteiger charge is -2.30. The maximum Gasteiger partial charge on any atom is 0.265 e. The van der Waals surface area contributed by atoms with Crippen molar-refractivity contribution >= 4 is 30.9 Å². The molecule has 1 saturated heterocycles. The van der Waals surface area contributed by atoms with Crippen LogP contribution in [0.5, 0.6) is 0 Å². The molecule has 32 heavy (non-hydrogen) atoms. The van der Waals surface area contributed by atoms with Gasteiger partial charge in [0.25, 0.3) is 5.91 Å². The fourth-order valence-corrected chi connectivity index (χ4v) is 4.08. The Hall–Kier alpha value is -2.44. The highest BCUT2D eigenvalue weighted by atomic mass is 16.1. The van der Waals surface area contributed by atoms with Gasteiger partial charge in [0.05, 0.1) is 5.70 Å². The maximum atomic E-state index is 12.6. The van der Waals surface area contributed by atoms with Gasteiger partial charge in [-0.2, -0.15) is 0 Å². The molecule has 1 amide bonds. The van der Waals surface area contributed by atoms with Gasteiger partial charge in [0.1, 0.15) is 18.1 Å². The van der Waals surface area contributed by atoms with Crippen LogP contribution in [0.3, 0.4) is 0 Å². The largest absolute Gasteiger partial charge is 0.351 e. The summed E-state index contributed by atoms with van der Waals surface area (Å²) in [5.74, 6) is -0.00984. The lowest BCUT2D eigenvalue weighted by atomic mass is 9.45. The van der Waals surface area contributed by atoms with Gasteiger partial charge in [-0.25, -0.2) is 4.99 Å². The number of nitrogens with one attached hydrogen (secondary N) is 2. The van der Waals surface area contributed by atoms with Gasteiger partial charge in [-0.1, -0.05) is 63.9 Å². The number of carbonyl (C=O) groups is 1. The van der Waals surface area contributed by atoms with Crippen LogP contribution in [0.25, 0.3) is 0 Å². The molecule has 7 heteroatoms. The van der Waals surface area contributed by atoms with Crippen molar-refractivity contribution in [2.24, 2.45) is 15.4 Å². The SMILES string of the molecule is C=N/C(C)=C(/N=C(C)C(=O)NCCCB1CCCC1)C(=N)N(/C=C/C)CC(C)(C)/C=C/C. The first-order chi connectivity index (χ1) is 15.1. The molecule has 1 aliphatic heterocycles. The van der Waals surface area contributed by atoms with Crippen molar-refractivity contribution < 1.29 is 4.79 Å². The van der Waals surface area contributed by atoms with Crippen molar-refractivity contribution in [1.29, 1.82) is 5.41 Å². The molecule has 0 radical (unpaired) electrons. The van der Waals surface area contributed by atoms with Crippen molar-refractivity contribution in [3.05, 3.63) is 35.8 Å². The number of rotatable bonds is 12. The topological polar surface area (TPSA) is 80.9 Å². The molecular weight excluding hydrogens is 397 g/mol. The Bertz CT molecular complexity index is 773. The Morgan fingerprint density at radius 3 is 2.44 bits per heavy atom. The molecule has 0 aromatic carbocycles. The standard InChI is InChI=1S/C25H42BN5O/c1-8-13-25(5,6)19-31(18-9-2)23(27)22(20(3)28-7)30-21(4)24(32)29-17-12-16-26-14-10-11-15-26/h8-9,13,18,27H,7,10-12,14-17,19H2,1-6H3,(H,29,32)/b13-8+,18-9+,22-20+,27-23?,30-21?. The number of amidine groups is 1. The number of hydrogen-bond donors (Lipinski definition) is 2. The number of nitrogens with zero attached hydrogens (tertiary/aromatic N) is 3. The summed E-state index contributed by atoms with van der Waals surface area (Å²) in [7, 11) is 0. The Morgan fingerprint density at radius 2 is 1.88 bits per heavy atom. The number of hydrogen-bond acceptors (Lipinski definition) is 4. The summed E-state index contributed by atoms with van der Waals surface area (Å²) in [5.41, 5.74) is 1.05. The van der Waals surface area contributed by atoms with E-state index in [1.807, 2.05) is 37.1 Å². The molecule has 0 atom stereocenters. The van der Waals surface area contributed by atoms with E-state index in [1.54, 1.807) is 13.8 Å². The van der Waals surface area contributed by atoms with E-state index in [1.165, 1.54) is 31.8 Å². The molecule has 176 valence electrons. The van der Waals surface area contributed by atoms with Crippen molar-refractivity contribution in [2.75, 3.05) is 13.1 Å². The second-order valence-corrected chi connectivity index (χ2v) is 9.29. The molecule has 0 unspecified atom stereocenters. The van der Waals surface area contributed by atoms with Crippen molar-refractivity contribution in [1.82, 2.24) is 10.2 Å². The molecule has 2 N–H and O–H groups in total. The minimum atomic E-state index is -0.203. The molecule has 0 aromatic rings. The molecule has 1 rings (SSSR count). The number of amides is 1. The van der Waals surface area contributed by atoms with Gasteiger partial charge in [-0.05, 0) is 40.8 Å². The maximum absolute atomic E-state index is 12.6. The molecule has 0 saturated carbocycles. The van der Waals surface area contributed by atoms with Gasteiger partial charge in [-0.15, -0.1) is 0 Å². The van der Waals surface area contributed by atoms with Gasteiger partial charge in [0.2, 0.25) is 0 Å². The molecule has 0 spiro atoms. The van der Waals surface area contributed by atoms with Crippen LogP contribution in [-0.4, -0.2) is 48.9 Å². The Morgan fingerprint density at radius 1 is 1.22 bits per heavy atom. The van der Waals surface area contributed by atoms with Crippen LogP contribution in [0.2, 0.25) is 19.0 Å². The predicted octanol–water partition coefficient (Wildman–Crippen LogP) is 5.59. The lowest BCUT2D eigenvalue weighted by molar-refractivity contribution is -0.114. The molecule has 1 fully saturated rings. The number of allylic oxidation sites excluding steroid dienone is 3. The van der Waals surface area contributed by atoms with Crippen LogP contribution in [0.15, 0.2) is 45.8 Å². The highest BCUT2D eigenvalue weighted by molar-refractivity contribution is 6.59. The van der Waals surface area contributed by atoms with Gasteiger partial charge in [0, 0.05) is 24.7 Å². The zero-order valence-corrected chi connectivity index (χ0v) is 21.0. The third-order valence-corrected chi connectivity index (χ3v) is 5.77. The van der Waals surface area contributed by atoms with Crippen LogP contribution in [0, 0.1) is 10.8 Å². The highest BCUT2D eigenvalue weighted by Gasteiger charge is 2.23. The second kappa shape index (κ2) is 13.9.